The summed E-state index contributed by atoms with van der Waals surface area (Å²) in [7, 11) is 0. The Bertz CT molecular complexity index is 2550. The summed E-state index contributed by atoms with van der Waals surface area (Å²) in [6.45, 7) is 0. The van der Waals surface area contributed by atoms with Crippen LogP contribution in [0.15, 0.2) is 176 Å². The zero-order chi connectivity index (χ0) is 29.7. The van der Waals surface area contributed by atoms with Gasteiger partial charge in [-0.3, -0.25) is 0 Å². The number of nitrogens with zero attached hydrogens (tertiary/aromatic N) is 1. The highest BCUT2D eigenvalue weighted by atomic mass is 15.1. The number of fused-ring (bicyclic) bond motifs is 6. The number of hydrogen-bond donors (Lipinski definition) is 0. The van der Waals surface area contributed by atoms with Crippen LogP contribution in [0.25, 0.3) is 65.0 Å². The maximum Gasteiger partial charge on any atom is 0.0546 e. The second-order valence-corrected chi connectivity index (χ2v) is 11.7. The summed E-state index contributed by atoms with van der Waals surface area (Å²) >= 11 is 0. The fourth-order valence-corrected chi connectivity index (χ4v) is 7.14. The summed E-state index contributed by atoms with van der Waals surface area (Å²) in [5, 5.41) is 12.4. The van der Waals surface area contributed by atoms with Crippen molar-refractivity contribution >= 4 is 70.9 Å². The highest BCUT2D eigenvalue weighted by Crippen LogP contribution is 2.47. The quantitative estimate of drug-likeness (QED) is 0.190. The van der Waals surface area contributed by atoms with Gasteiger partial charge >= 0.3 is 0 Å². The molecule has 0 amide bonds. The van der Waals surface area contributed by atoms with Crippen LogP contribution in [0.4, 0.5) is 17.1 Å². The first-order valence-corrected chi connectivity index (χ1v) is 15.5. The van der Waals surface area contributed by atoms with Crippen LogP contribution in [0, 0.1) is 0 Å². The van der Waals surface area contributed by atoms with Crippen LogP contribution in [0.3, 0.4) is 0 Å². The lowest BCUT2D eigenvalue weighted by atomic mass is 9.92. The van der Waals surface area contributed by atoms with E-state index in [9.17, 15) is 0 Å². The van der Waals surface area contributed by atoms with Crippen molar-refractivity contribution in [3.63, 3.8) is 0 Å². The molecule has 0 fully saturated rings. The van der Waals surface area contributed by atoms with Gasteiger partial charge in [-0.25, -0.2) is 0 Å². The highest BCUT2D eigenvalue weighted by molar-refractivity contribution is 6.17. The molecule has 0 aliphatic rings. The monoisotopic (exact) mass is 571 g/mol. The molecule has 0 aromatic heterocycles. The minimum Gasteiger partial charge on any atom is -0.309 e. The van der Waals surface area contributed by atoms with Gasteiger partial charge in [0.2, 0.25) is 0 Å². The van der Waals surface area contributed by atoms with E-state index in [0.717, 1.165) is 11.4 Å². The normalized spacial score (nSPS) is 11.6. The van der Waals surface area contributed by atoms with Crippen molar-refractivity contribution in [2.24, 2.45) is 0 Å². The molecule has 0 spiro atoms. The van der Waals surface area contributed by atoms with Gasteiger partial charge < -0.3 is 4.90 Å². The first-order valence-electron chi connectivity index (χ1n) is 15.5. The van der Waals surface area contributed by atoms with Crippen molar-refractivity contribution in [2.75, 3.05) is 4.90 Å². The molecule has 0 atom stereocenters. The molecule has 0 saturated heterocycles. The predicted octanol–water partition coefficient (Wildman–Crippen LogP) is 12.6. The van der Waals surface area contributed by atoms with Crippen LogP contribution in [0.2, 0.25) is 0 Å². The van der Waals surface area contributed by atoms with Crippen molar-refractivity contribution in [3.05, 3.63) is 176 Å². The number of rotatable bonds is 4. The predicted molar refractivity (Wildman–Crippen MR) is 194 cm³/mol. The maximum atomic E-state index is 2.48. The lowest BCUT2D eigenvalue weighted by molar-refractivity contribution is 1.32. The summed E-state index contributed by atoms with van der Waals surface area (Å²) in [5.74, 6) is 0. The van der Waals surface area contributed by atoms with E-state index in [0.29, 0.717) is 0 Å². The van der Waals surface area contributed by atoms with Gasteiger partial charge in [-0.15, -0.1) is 0 Å². The molecule has 0 N–H and O–H groups in total. The van der Waals surface area contributed by atoms with Crippen LogP contribution in [0.1, 0.15) is 0 Å². The molecule has 9 rings (SSSR count). The molecule has 9 aromatic rings. The summed E-state index contributed by atoms with van der Waals surface area (Å²) in [6.07, 6.45) is 0. The fourth-order valence-electron chi connectivity index (χ4n) is 7.14. The van der Waals surface area contributed by atoms with E-state index in [4.69, 9.17) is 0 Å². The third-order valence-electron chi connectivity index (χ3n) is 9.18. The third kappa shape index (κ3) is 4.17. The molecule has 0 heterocycles. The number of hydrogen-bond acceptors (Lipinski definition) is 1. The van der Waals surface area contributed by atoms with Gasteiger partial charge in [0.1, 0.15) is 0 Å². The molecule has 0 unspecified atom stereocenters. The van der Waals surface area contributed by atoms with Crippen LogP contribution in [0.5, 0.6) is 0 Å². The molecule has 45 heavy (non-hydrogen) atoms. The maximum absolute atomic E-state index is 2.48. The zero-order valence-corrected chi connectivity index (χ0v) is 24.7. The van der Waals surface area contributed by atoms with Crippen molar-refractivity contribution < 1.29 is 0 Å². The molecular weight excluding hydrogens is 542 g/mol. The Balaban J connectivity index is 1.42. The topological polar surface area (TPSA) is 3.24 Å². The van der Waals surface area contributed by atoms with E-state index in [1.165, 1.54) is 70.7 Å². The van der Waals surface area contributed by atoms with Gasteiger partial charge in [0, 0.05) is 16.5 Å². The van der Waals surface area contributed by atoms with Crippen LogP contribution in [-0.2, 0) is 0 Å². The molecular formula is C44H29N. The molecule has 1 heteroatoms. The molecule has 1 nitrogen and oxygen atoms in total. The van der Waals surface area contributed by atoms with Gasteiger partial charge in [-0.2, -0.15) is 0 Å². The molecule has 0 radical (unpaired) electrons. The van der Waals surface area contributed by atoms with Crippen molar-refractivity contribution in [1.29, 1.82) is 0 Å². The van der Waals surface area contributed by atoms with E-state index < -0.39 is 0 Å². The second kappa shape index (κ2) is 10.4. The van der Waals surface area contributed by atoms with Crippen molar-refractivity contribution in [1.82, 2.24) is 0 Å². The largest absolute Gasteiger partial charge is 0.309 e. The number of benzene rings is 9. The average Bonchev–Trinajstić information content (AvgIpc) is 3.11. The highest BCUT2D eigenvalue weighted by Gasteiger charge is 2.21. The van der Waals surface area contributed by atoms with E-state index >= 15 is 0 Å². The first kappa shape index (κ1) is 25.6. The lowest BCUT2D eigenvalue weighted by Gasteiger charge is -2.30. The second-order valence-electron chi connectivity index (χ2n) is 11.7. The Hall–Kier alpha value is -5.92. The fraction of sp³-hybridized carbons (Fsp3) is 0. The molecule has 210 valence electrons. The van der Waals surface area contributed by atoms with Crippen molar-refractivity contribution in [2.45, 2.75) is 0 Å². The Morgan fingerprint density at radius 2 is 0.867 bits per heavy atom. The number of anilines is 3. The van der Waals surface area contributed by atoms with Gasteiger partial charge in [0.15, 0.2) is 0 Å². The van der Waals surface area contributed by atoms with E-state index in [1.807, 2.05) is 0 Å². The summed E-state index contributed by atoms with van der Waals surface area (Å²) in [4.78, 5) is 2.48. The van der Waals surface area contributed by atoms with Crippen molar-refractivity contribution in [3.8, 4) is 11.1 Å². The Morgan fingerprint density at radius 3 is 1.69 bits per heavy atom. The Kier molecular flexibility index (Phi) is 5.89. The smallest absolute Gasteiger partial charge is 0.0546 e. The van der Waals surface area contributed by atoms with E-state index in [1.54, 1.807) is 0 Å². The summed E-state index contributed by atoms with van der Waals surface area (Å²) in [5.41, 5.74) is 5.93. The molecule has 0 bridgehead atoms. The molecule has 9 aromatic carbocycles. The summed E-state index contributed by atoms with van der Waals surface area (Å²) < 4.78 is 0. The van der Waals surface area contributed by atoms with Gasteiger partial charge in [0.05, 0.1) is 11.4 Å². The van der Waals surface area contributed by atoms with Gasteiger partial charge in [-0.05, 0) is 78.5 Å². The van der Waals surface area contributed by atoms with Gasteiger partial charge in [0.25, 0.3) is 0 Å². The van der Waals surface area contributed by atoms with E-state index in [2.05, 4.69) is 181 Å². The Morgan fingerprint density at radius 1 is 0.289 bits per heavy atom. The lowest BCUT2D eigenvalue weighted by Crippen LogP contribution is -2.11. The minimum absolute atomic E-state index is 1.13. The molecule has 0 aliphatic carbocycles. The average molecular weight is 572 g/mol. The SMILES string of the molecule is c1ccc2cc(N(c3cc4ccccc4c4ccccc34)c3cccc4cccc(-c5cccc6ccccc56)c34)ccc2c1. The molecule has 0 aliphatic heterocycles. The third-order valence-corrected chi connectivity index (χ3v) is 9.18. The van der Waals surface area contributed by atoms with Crippen LogP contribution >= 0.6 is 0 Å². The molecule has 0 saturated carbocycles. The summed E-state index contributed by atoms with van der Waals surface area (Å²) in [6, 6.07) is 64.2. The first-order chi connectivity index (χ1) is 22.3. The zero-order valence-electron chi connectivity index (χ0n) is 24.7. The Labute approximate surface area is 262 Å². The van der Waals surface area contributed by atoms with Crippen LogP contribution < -0.4 is 4.90 Å². The van der Waals surface area contributed by atoms with E-state index in [-0.39, 0.29) is 0 Å². The van der Waals surface area contributed by atoms with Gasteiger partial charge in [-0.1, -0.05) is 152 Å². The standard InChI is InChI=1S/C44H29N/c1-2-14-33-28-35(27-26-30(33)12-1)45(43-29-34-15-4-6-20-37(34)38-21-7-8-22-40(38)43)42-25-11-18-32-17-10-24-41(44(32)42)39-23-9-16-31-13-3-5-19-36(31)39/h1-29H. The minimum atomic E-state index is 1.13. The van der Waals surface area contributed by atoms with Crippen LogP contribution in [-0.4, -0.2) is 0 Å².